The molecule has 2 nitrogen and oxygen atoms in total. The van der Waals surface area contributed by atoms with E-state index in [0.717, 1.165) is 19.4 Å². The highest BCUT2D eigenvalue weighted by Gasteiger charge is 2.23. The molecular formula is C13H15F2NO. The fourth-order valence-corrected chi connectivity index (χ4v) is 2.15. The number of nitrogens with one attached hydrogen (secondary N) is 1. The van der Waals surface area contributed by atoms with Crippen LogP contribution in [0, 0.1) is 17.6 Å². The highest BCUT2D eigenvalue weighted by molar-refractivity contribution is 5.83. The molecule has 0 bridgehead atoms. The molecule has 0 aromatic heterocycles. The van der Waals surface area contributed by atoms with Crippen molar-refractivity contribution < 1.29 is 13.6 Å². The Bertz CT molecular complexity index is 394. The maximum Gasteiger partial charge on any atom is 0.141 e. The minimum Gasteiger partial charge on any atom is -0.316 e. The van der Waals surface area contributed by atoms with E-state index in [0.29, 0.717) is 6.54 Å². The maximum absolute atomic E-state index is 13.4. The van der Waals surface area contributed by atoms with Crippen LogP contribution in [0.15, 0.2) is 18.2 Å². The van der Waals surface area contributed by atoms with Crippen LogP contribution in [-0.4, -0.2) is 18.9 Å². The van der Waals surface area contributed by atoms with Gasteiger partial charge in [0.05, 0.1) is 0 Å². The highest BCUT2D eigenvalue weighted by Crippen LogP contribution is 2.18. The first-order valence-electron chi connectivity index (χ1n) is 5.85. The molecule has 0 radical (unpaired) electrons. The molecule has 1 aliphatic rings. The van der Waals surface area contributed by atoms with Gasteiger partial charge in [-0.25, -0.2) is 8.78 Å². The van der Waals surface area contributed by atoms with Crippen molar-refractivity contribution in [2.75, 3.05) is 13.1 Å². The van der Waals surface area contributed by atoms with E-state index in [-0.39, 0.29) is 23.7 Å². The molecule has 1 unspecified atom stereocenters. The van der Waals surface area contributed by atoms with Crippen LogP contribution in [0.5, 0.6) is 0 Å². The summed E-state index contributed by atoms with van der Waals surface area (Å²) in [6, 6.07) is 3.68. The first-order valence-corrected chi connectivity index (χ1v) is 5.85. The van der Waals surface area contributed by atoms with Crippen LogP contribution in [0.1, 0.15) is 18.4 Å². The van der Waals surface area contributed by atoms with E-state index in [9.17, 15) is 13.6 Å². The Kier molecular flexibility index (Phi) is 3.84. The van der Waals surface area contributed by atoms with Crippen LogP contribution in [0.3, 0.4) is 0 Å². The topological polar surface area (TPSA) is 29.1 Å². The number of hydrogen-bond acceptors (Lipinski definition) is 2. The molecule has 1 heterocycles. The lowest BCUT2D eigenvalue weighted by Crippen LogP contribution is -2.35. The summed E-state index contributed by atoms with van der Waals surface area (Å²) < 4.78 is 26.7. The van der Waals surface area contributed by atoms with Gasteiger partial charge in [0.15, 0.2) is 0 Å². The van der Waals surface area contributed by atoms with Crippen molar-refractivity contribution in [1.82, 2.24) is 5.32 Å². The van der Waals surface area contributed by atoms with E-state index < -0.39 is 11.6 Å². The zero-order chi connectivity index (χ0) is 12.3. The molecule has 2 rings (SSSR count). The third-order valence-electron chi connectivity index (χ3n) is 3.16. The molecular weight excluding hydrogens is 224 g/mol. The van der Waals surface area contributed by atoms with Gasteiger partial charge in [-0.2, -0.15) is 0 Å². The summed E-state index contributed by atoms with van der Waals surface area (Å²) in [6.45, 7) is 1.53. The predicted molar refractivity (Wildman–Crippen MR) is 60.7 cm³/mol. The molecule has 1 aromatic carbocycles. The molecule has 0 aliphatic carbocycles. The summed E-state index contributed by atoms with van der Waals surface area (Å²) in [7, 11) is 0. The van der Waals surface area contributed by atoms with Gasteiger partial charge in [-0.15, -0.1) is 0 Å². The largest absolute Gasteiger partial charge is 0.316 e. The lowest BCUT2D eigenvalue weighted by atomic mass is 9.91. The summed E-state index contributed by atoms with van der Waals surface area (Å²) in [5.74, 6) is -1.46. The molecule has 0 amide bonds. The van der Waals surface area contributed by atoms with Crippen molar-refractivity contribution in [2.45, 2.75) is 19.3 Å². The number of benzene rings is 1. The number of Topliss-reactive ketones (excluding diaryl/α,β-unsaturated/α-hetero) is 1. The molecule has 0 saturated carbocycles. The summed E-state index contributed by atoms with van der Waals surface area (Å²) in [5.41, 5.74) is -0.108. The molecule has 1 aromatic rings. The first-order chi connectivity index (χ1) is 8.18. The van der Waals surface area contributed by atoms with E-state index >= 15 is 0 Å². The Hall–Kier alpha value is -1.29. The van der Waals surface area contributed by atoms with Crippen molar-refractivity contribution >= 4 is 5.78 Å². The van der Waals surface area contributed by atoms with Gasteiger partial charge in [0, 0.05) is 24.4 Å². The fraction of sp³-hybridized carbons (Fsp3) is 0.462. The molecule has 1 atom stereocenters. The summed E-state index contributed by atoms with van der Waals surface area (Å²) in [5, 5.41) is 3.12. The molecule has 92 valence electrons. The number of rotatable bonds is 3. The van der Waals surface area contributed by atoms with Gasteiger partial charge >= 0.3 is 0 Å². The minimum absolute atomic E-state index is 0.0822. The average Bonchev–Trinajstić information content (AvgIpc) is 2.35. The van der Waals surface area contributed by atoms with Crippen LogP contribution >= 0.6 is 0 Å². The second kappa shape index (κ2) is 5.36. The van der Waals surface area contributed by atoms with Crippen LogP contribution in [-0.2, 0) is 11.2 Å². The van der Waals surface area contributed by atoms with Gasteiger partial charge < -0.3 is 5.32 Å². The van der Waals surface area contributed by atoms with Gasteiger partial charge in [-0.3, -0.25) is 4.79 Å². The standard InChI is InChI=1S/C13H15F2NO/c14-11-4-1-5-12(15)10(11)7-13(17)9-3-2-6-16-8-9/h1,4-5,9,16H,2-3,6-8H2. The lowest BCUT2D eigenvalue weighted by molar-refractivity contribution is -0.122. The van der Waals surface area contributed by atoms with E-state index in [1.54, 1.807) is 0 Å². The summed E-state index contributed by atoms with van der Waals surface area (Å²) in [4.78, 5) is 11.9. The Balaban J connectivity index is 2.07. The Morgan fingerprint density at radius 2 is 2.06 bits per heavy atom. The molecule has 1 N–H and O–H groups in total. The average molecular weight is 239 g/mol. The number of piperidine rings is 1. The number of hydrogen-bond donors (Lipinski definition) is 1. The van der Waals surface area contributed by atoms with Gasteiger partial charge in [-0.1, -0.05) is 6.07 Å². The van der Waals surface area contributed by atoms with Crippen LogP contribution < -0.4 is 5.32 Å². The SMILES string of the molecule is O=C(Cc1c(F)cccc1F)C1CCCNC1. The van der Waals surface area contributed by atoms with Crippen molar-refractivity contribution in [2.24, 2.45) is 5.92 Å². The fourth-order valence-electron chi connectivity index (χ4n) is 2.15. The van der Waals surface area contributed by atoms with Gasteiger partial charge in [0.25, 0.3) is 0 Å². The Morgan fingerprint density at radius 3 is 2.65 bits per heavy atom. The van der Waals surface area contributed by atoms with Gasteiger partial charge in [-0.05, 0) is 31.5 Å². The number of ketones is 1. The van der Waals surface area contributed by atoms with Crippen LogP contribution in [0.4, 0.5) is 8.78 Å². The maximum atomic E-state index is 13.4. The quantitative estimate of drug-likeness (QED) is 0.875. The summed E-state index contributed by atoms with van der Waals surface area (Å²) in [6.07, 6.45) is 1.60. The molecule has 1 aliphatic heterocycles. The summed E-state index contributed by atoms with van der Waals surface area (Å²) >= 11 is 0. The van der Waals surface area contributed by atoms with E-state index in [4.69, 9.17) is 0 Å². The van der Waals surface area contributed by atoms with Crippen molar-refractivity contribution in [3.63, 3.8) is 0 Å². The van der Waals surface area contributed by atoms with Crippen molar-refractivity contribution in [3.05, 3.63) is 35.4 Å². The number of halogens is 2. The normalized spacial score (nSPS) is 20.2. The molecule has 1 saturated heterocycles. The predicted octanol–water partition coefficient (Wildman–Crippen LogP) is 2.08. The Labute approximate surface area is 99.0 Å². The van der Waals surface area contributed by atoms with Crippen molar-refractivity contribution in [3.8, 4) is 0 Å². The number of carbonyl (C=O) groups is 1. The zero-order valence-corrected chi connectivity index (χ0v) is 9.51. The molecule has 4 heteroatoms. The first kappa shape index (κ1) is 12.2. The minimum atomic E-state index is -0.637. The molecule has 17 heavy (non-hydrogen) atoms. The molecule has 1 fully saturated rings. The van der Waals surface area contributed by atoms with E-state index in [1.807, 2.05) is 0 Å². The van der Waals surface area contributed by atoms with Crippen molar-refractivity contribution in [1.29, 1.82) is 0 Å². The smallest absolute Gasteiger partial charge is 0.141 e. The third-order valence-corrected chi connectivity index (χ3v) is 3.16. The molecule has 0 spiro atoms. The van der Waals surface area contributed by atoms with Gasteiger partial charge in [0.1, 0.15) is 17.4 Å². The van der Waals surface area contributed by atoms with Gasteiger partial charge in [0.2, 0.25) is 0 Å². The Morgan fingerprint density at radius 1 is 1.35 bits per heavy atom. The second-order valence-electron chi connectivity index (χ2n) is 4.39. The second-order valence-corrected chi connectivity index (χ2v) is 4.39. The van der Waals surface area contributed by atoms with E-state index in [2.05, 4.69) is 5.32 Å². The van der Waals surface area contributed by atoms with Crippen LogP contribution in [0.2, 0.25) is 0 Å². The van der Waals surface area contributed by atoms with E-state index in [1.165, 1.54) is 18.2 Å². The number of carbonyl (C=O) groups excluding carboxylic acids is 1. The monoisotopic (exact) mass is 239 g/mol. The lowest BCUT2D eigenvalue weighted by Gasteiger charge is -2.21. The van der Waals surface area contributed by atoms with Crippen LogP contribution in [0.25, 0.3) is 0 Å². The zero-order valence-electron chi connectivity index (χ0n) is 9.51. The third kappa shape index (κ3) is 2.88. The highest BCUT2D eigenvalue weighted by atomic mass is 19.1.